The summed E-state index contributed by atoms with van der Waals surface area (Å²) in [6.45, 7) is 1.52. The Morgan fingerprint density at radius 3 is 2.90 bits per heavy atom. The van der Waals surface area contributed by atoms with Crippen LogP contribution in [-0.2, 0) is 9.59 Å². The number of hydrogen-bond donors (Lipinski definition) is 0. The second-order valence-corrected chi connectivity index (χ2v) is 2.64. The molecular formula is C8H10O2. The Balaban J connectivity index is 2.45. The number of ketones is 2. The van der Waals surface area contributed by atoms with Crippen LogP contribution in [0.5, 0.6) is 0 Å². The van der Waals surface area contributed by atoms with E-state index in [9.17, 15) is 9.59 Å². The molecule has 0 aromatic carbocycles. The van der Waals surface area contributed by atoms with Crippen LogP contribution >= 0.6 is 0 Å². The van der Waals surface area contributed by atoms with Gasteiger partial charge in [0.15, 0.2) is 5.78 Å². The van der Waals surface area contributed by atoms with Crippen LogP contribution in [0.4, 0.5) is 0 Å². The molecule has 0 saturated carbocycles. The van der Waals surface area contributed by atoms with Crippen molar-refractivity contribution in [2.75, 3.05) is 0 Å². The highest BCUT2D eigenvalue weighted by Crippen LogP contribution is 2.17. The molecule has 1 rings (SSSR count). The van der Waals surface area contributed by atoms with E-state index in [1.165, 1.54) is 6.92 Å². The highest BCUT2D eigenvalue weighted by molar-refractivity contribution is 5.96. The zero-order valence-electron chi connectivity index (χ0n) is 5.96. The highest BCUT2D eigenvalue weighted by atomic mass is 16.1. The van der Waals surface area contributed by atoms with Gasteiger partial charge in [0.25, 0.3) is 0 Å². The van der Waals surface area contributed by atoms with Crippen molar-refractivity contribution in [1.82, 2.24) is 0 Å². The Morgan fingerprint density at radius 1 is 1.80 bits per heavy atom. The van der Waals surface area contributed by atoms with Crippen molar-refractivity contribution in [1.29, 1.82) is 0 Å². The van der Waals surface area contributed by atoms with Gasteiger partial charge in [0, 0.05) is 12.3 Å². The van der Waals surface area contributed by atoms with Crippen LogP contribution in [0.25, 0.3) is 0 Å². The molecule has 0 aromatic heterocycles. The van der Waals surface area contributed by atoms with Gasteiger partial charge in [0.05, 0.1) is 0 Å². The first-order valence-corrected chi connectivity index (χ1v) is 3.40. The summed E-state index contributed by atoms with van der Waals surface area (Å²) in [5.74, 6) is 0.162. The molecule has 2 nitrogen and oxygen atoms in total. The lowest BCUT2D eigenvalue weighted by atomic mass is 10.0. The molecule has 0 bridgehead atoms. The third-order valence-electron chi connectivity index (χ3n) is 1.64. The van der Waals surface area contributed by atoms with Crippen LogP contribution < -0.4 is 0 Å². The third-order valence-corrected chi connectivity index (χ3v) is 1.64. The molecule has 1 aliphatic rings. The fourth-order valence-electron chi connectivity index (χ4n) is 1.13. The summed E-state index contributed by atoms with van der Waals surface area (Å²) in [4.78, 5) is 21.4. The zero-order chi connectivity index (χ0) is 7.56. The van der Waals surface area contributed by atoms with E-state index < -0.39 is 0 Å². The van der Waals surface area contributed by atoms with E-state index in [2.05, 4.69) is 0 Å². The number of carbonyl (C=O) groups is 2. The maximum atomic E-state index is 10.9. The molecule has 10 heavy (non-hydrogen) atoms. The SMILES string of the molecule is CC(=O)CC1CC=CC1=O. The van der Waals surface area contributed by atoms with Gasteiger partial charge in [-0.25, -0.2) is 0 Å². The first kappa shape index (κ1) is 7.19. The van der Waals surface area contributed by atoms with Gasteiger partial charge in [0.2, 0.25) is 0 Å². The van der Waals surface area contributed by atoms with Crippen LogP contribution in [-0.4, -0.2) is 11.6 Å². The molecule has 0 aliphatic heterocycles. The molecule has 0 spiro atoms. The second-order valence-electron chi connectivity index (χ2n) is 2.64. The monoisotopic (exact) mass is 138 g/mol. The van der Waals surface area contributed by atoms with Gasteiger partial charge in [-0.3, -0.25) is 4.79 Å². The van der Waals surface area contributed by atoms with Crippen LogP contribution in [0.3, 0.4) is 0 Å². The van der Waals surface area contributed by atoms with Crippen LogP contribution in [0.1, 0.15) is 19.8 Å². The summed E-state index contributed by atoms with van der Waals surface area (Å²) in [7, 11) is 0. The fraction of sp³-hybridized carbons (Fsp3) is 0.500. The lowest BCUT2D eigenvalue weighted by Crippen LogP contribution is -2.10. The standard InChI is InChI=1S/C8H10O2/c1-6(9)5-7-3-2-4-8(7)10/h2,4,7H,3,5H2,1H3. The fourth-order valence-corrected chi connectivity index (χ4v) is 1.13. The summed E-state index contributed by atoms with van der Waals surface area (Å²) in [6, 6.07) is 0. The normalized spacial score (nSPS) is 23.7. The topological polar surface area (TPSA) is 34.1 Å². The minimum atomic E-state index is -0.0440. The molecule has 0 aromatic rings. The van der Waals surface area contributed by atoms with E-state index in [0.29, 0.717) is 6.42 Å². The van der Waals surface area contributed by atoms with E-state index in [1.54, 1.807) is 6.08 Å². The van der Waals surface area contributed by atoms with Gasteiger partial charge in [-0.05, 0) is 19.4 Å². The minimum absolute atomic E-state index is 0.0440. The average Bonchev–Trinajstić information content (AvgIpc) is 2.15. The van der Waals surface area contributed by atoms with Gasteiger partial charge < -0.3 is 4.79 Å². The molecule has 2 heteroatoms. The molecule has 1 aliphatic carbocycles. The smallest absolute Gasteiger partial charge is 0.159 e. The van der Waals surface area contributed by atoms with Crippen molar-refractivity contribution in [2.24, 2.45) is 5.92 Å². The van der Waals surface area contributed by atoms with E-state index in [4.69, 9.17) is 0 Å². The third kappa shape index (κ3) is 1.53. The van der Waals surface area contributed by atoms with Crippen LogP contribution in [0.15, 0.2) is 12.2 Å². The second kappa shape index (κ2) is 2.78. The Hall–Kier alpha value is -0.920. The molecule has 1 atom stereocenters. The lowest BCUT2D eigenvalue weighted by Gasteiger charge is -2.02. The molecule has 1 unspecified atom stereocenters. The quantitative estimate of drug-likeness (QED) is 0.572. The number of allylic oxidation sites excluding steroid dienone is 2. The molecule has 0 fully saturated rings. The Morgan fingerprint density at radius 2 is 2.50 bits per heavy atom. The zero-order valence-corrected chi connectivity index (χ0v) is 5.96. The maximum Gasteiger partial charge on any atom is 0.159 e. The summed E-state index contributed by atoms with van der Waals surface area (Å²) in [5.41, 5.74) is 0. The molecule has 0 saturated heterocycles. The number of hydrogen-bond acceptors (Lipinski definition) is 2. The van der Waals surface area contributed by atoms with Crippen molar-refractivity contribution < 1.29 is 9.59 Å². The Kier molecular flexibility index (Phi) is 2.00. The van der Waals surface area contributed by atoms with E-state index in [1.807, 2.05) is 6.08 Å². The first-order valence-electron chi connectivity index (χ1n) is 3.40. The van der Waals surface area contributed by atoms with Gasteiger partial charge >= 0.3 is 0 Å². The van der Waals surface area contributed by atoms with Crippen molar-refractivity contribution >= 4 is 11.6 Å². The van der Waals surface area contributed by atoms with Crippen molar-refractivity contribution in [2.45, 2.75) is 19.8 Å². The molecular weight excluding hydrogens is 128 g/mol. The average molecular weight is 138 g/mol. The van der Waals surface area contributed by atoms with E-state index >= 15 is 0 Å². The Labute approximate surface area is 59.9 Å². The van der Waals surface area contributed by atoms with Crippen LogP contribution in [0.2, 0.25) is 0 Å². The highest BCUT2D eigenvalue weighted by Gasteiger charge is 2.20. The maximum absolute atomic E-state index is 10.9. The summed E-state index contributed by atoms with van der Waals surface area (Å²) >= 11 is 0. The number of Topliss-reactive ketones (excluding diaryl/α,β-unsaturated/α-hetero) is 1. The van der Waals surface area contributed by atoms with Gasteiger partial charge in [-0.2, -0.15) is 0 Å². The van der Waals surface area contributed by atoms with E-state index in [0.717, 1.165) is 6.42 Å². The summed E-state index contributed by atoms with van der Waals surface area (Å²) in [5, 5.41) is 0. The van der Waals surface area contributed by atoms with Crippen LogP contribution in [0, 0.1) is 5.92 Å². The van der Waals surface area contributed by atoms with Crippen molar-refractivity contribution in [3.8, 4) is 0 Å². The van der Waals surface area contributed by atoms with Crippen molar-refractivity contribution in [3.63, 3.8) is 0 Å². The van der Waals surface area contributed by atoms with Crippen molar-refractivity contribution in [3.05, 3.63) is 12.2 Å². The van der Waals surface area contributed by atoms with E-state index in [-0.39, 0.29) is 17.5 Å². The molecule has 54 valence electrons. The molecule has 0 heterocycles. The molecule has 0 N–H and O–H groups in total. The van der Waals surface area contributed by atoms with Gasteiger partial charge in [-0.1, -0.05) is 6.08 Å². The Bertz CT molecular complexity index is 191. The summed E-state index contributed by atoms with van der Waals surface area (Å²) in [6.07, 6.45) is 4.55. The number of carbonyl (C=O) groups excluding carboxylic acids is 2. The first-order chi connectivity index (χ1) is 4.70. The van der Waals surface area contributed by atoms with Gasteiger partial charge in [-0.15, -0.1) is 0 Å². The largest absolute Gasteiger partial charge is 0.300 e. The molecule has 0 amide bonds. The lowest BCUT2D eigenvalue weighted by molar-refractivity contribution is -0.123. The van der Waals surface area contributed by atoms with Gasteiger partial charge in [0.1, 0.15) is 5.78 Å². The summed E-state index contributed by atoms with van der Waals surface area (Å²) < 4.78 is 0. The molecule has 0 radical (unpaired) electrons. The predicted octanol–water partition coefficient (Wildman–Crippen LogP) is 1.11. The predicted molar refractivity (Wildman–Crippen MR) is 37.6 cm³/mol. The number of rotatable bonds is 2. The minimum Gasteiger partial charge on any atom is -0.300 e.